The van der Waals surface area contributed by atoms with Gasteiger partial charge < -0.3 is 15.5 Å². The first-order chi connectivity index (χ1) is 11.9. The predicted molar refractivity (Wildman–Crippen MR) is 100 cm³/mol. The van der Waals surface area contributed by atoms with Crippen LogP contribution >= 0.6 is 11.3 Å². The molecule has 1 aliphatic heterocycles. The molecule has 0 aromatic carbocycles. The molecular formula is C18H28N2O4S. The third-order valence-electron chi connectivity index (χ3n) is 4.04. The van der Waals surface area contributed by atoms with E-state index < -0.39 is 11.9 Å². The molecule has 0 aliphatic carbocycles. The van der Waals surface area contributed by atoms with Crippen LogP contribution in [0.4, 0.5) is 0 Å². The number of hydrogen-bond donors (Lipinski definition) is 3. The van der Waals surface area contributed by atoms with Crippen molar-refractivity contribution in [3.63, 3.8) is 0 Å². The number of aliphatic carboxylic acids is 2. The molecule has 2 heterocycles. The van der Waals surface area contributed by atoms with Gasteiger partial charge in [-0.2, -0.15) is 0 Å². The molecule has 25 heavy (non-hydrogen) atoms. The van der Waals surface area contributed by atoms with E-state index in [2.05, 4.69) is 35.5 Å². The van der Waals surface area contributed by atoms with Crippen molar-refractivity contribution in [1.82, 2.24) is 10.2 Å². The molecule has 3 N–H and O–H groups in total. The summed E-state index contributed by atoms with van der Waals surface area (Å²) >= 11 is 1.87. The van der Waals surface area contributed by atoms with E-state index >= 15 is 0 Å². The number of rotatable bonds is 7. The Balaban J connectivity index is 0.000000333. The largest absolute Gasteiger partial charge is 0.478 e. The van der Waals surface area contributed by atoms with E-state index in [9.17, 15) is 9.59 Å². The molecule has 0 radical (unpaired) electrons. The second-order valence-corrected chi connectivity index (χ2v) is 7.08. The summed E-state index contributed by atoms with van der Waals surface area (Å²) in [7, 11) is 0. The number of carbonyl (C=O) groups is 2. The first kappa shape index (κ1) is 21.3. The van der Waals surface area contributed by atoms with Crippen molar-refractivity contribution < 1.29 is 19.8 Å². The van der Waals surface area contributed by atoms with Gasteiger partial charge in [0.1, 0.15) is 0 Å². The first-order valence-corrected chi connectivity index (χ1v) is 9.43. The van der Waals surface area contributed by atoms with Crippen LogP contribution in [0.25, 0.3) is 0 Å². The van der Waals surface area contributed by atoms with Crippen LogP contribution < -0.4 is 5.32 Å². The Morgan fingerprint density at radius 1 is 1.28 bits per heavy atom. The van der Waals surface area contributed by atoms with Crippen LogP contribution in [-0.4, -0.2) is 52.7 Å². The fourth-order valence-electron chi connectivity index (χ4n) is 2.79. The van der Waals surface area contributed by atoms with E-state index in [-0.39, 0.29) is 0 Å². The quantitative estimate of drug-likeness (QED) is 0.641. The highest BCUT2D eigenvalue weighted by molar-refractivity contribution is 7.10. The summed E-state index contributed by atoms with van der Waals surface area (Å²) in [6, 6.07) is 3.08. The lowest BCUT2D eigenvalue weighted by Crippen LogP contribution is -2.43. The summed E-state index contributed by atoms with van der Waals surface area (Å²) in [5.74, 6) is -2.51. The molecule has 0 amide bonds. The van der Waals surface area contributed by atoms with Crippen molar-refractivity contribution in [2.45, 2.75) is 45.7 Å². The molecule has 1 aromatic heterocycles. The number of piperidine rings is 1. The summed E-state index contributed by atoms with van der Waals surface area (Å²) in [5.41, 5.74) is 1.53. The number of thiophene rings is 1. The van der Waals surface area contributed by atoms with Gasteiger partial charge in [0.25, 0.3) is 0 Å². The van der Waals surface area contributed by atoms with Gasteiger partial charge >= 0.3 is 11.9 Å². The van der Waals surface area contributed by atoms with Crippen molar-refractivity contribution in [1.29, 1.82) is 0 Å². The monoisotopic (exact) mass is 368 g/mol. The molecule has 140 valence electrons. The van der Waals surface area contributed by atoms with Gasteiger partial charge in [-0.1, -0.05) is 6.92 Å². The van der Waals surface area contributed by atoms with Crippen LogP contribution in [-0.2, 0) is 16.1 Å². The van der Waals surface area contributed by atoms with E-state index in [4.69, 9.17) is 10.2 Å². The number of carboxylic acids is 2. The lowest BCUT2D eigenvalue weighted by Gasteiger charge is -2.34. The van der Waals surface area contributed by atoms with Crippen molar-refractivity contribution in [3.8, 4) is 0 Å². The minimum atomic E-state index is -1.26. The Labute approximate surface area is 153 Å². The summed E-state index contributed by atoms with van der Waals surface area (Å²) < 4.78 is 0. The van der Waals surface area contributed by atoms with Crippen molar-refractivity contribution in [2.24, 2.45) is 0 Å². The molecule has 2 rings (SSSR count). The van der Waals surface area contributed by atoms with Crippen LogP contribution in [0.1, 0.15) is 36.6 Å². The molecule has 1 fully saturated rings. The minimum Gasteiger partial charge on any atom is -0.478 e. The van der Waals surface area contributed by atoms with Crippen molar-refractivity contribution >= 4 is 23.3 Å². The Morgan fingerprint density at radius 3 is 2.32 bits per heavy atom. The lowest BCUT2D eigenvalue weighted by atomic mass is 10.0. The summed E-state index contributed by atoms with van der Waals surface area (Å²) in [5, 5.41) is 21.3. The normalized spacial score (nSPS) is 15.2. The third-order valence-corrected chi connectivity index (χ3v) is 4.93. The third kappa shape index (κ3) is 8.81. The van der Waals surface area contributed by atoms with Crippen LogP contribution in [0.5, 0.6) is 0 Å². The topological polar surface area (TPSA) is 89.9 Å². The molecular weight excluding hydrogens is 340 g/mol. The molecule has 0 spiro atoms. The highest BCUT2D eigenvalue weighted by Crippen LogP contribution is 2.21. The van der Waals surface area contributed by atoms with Gasteiger partial charge in [-0.25, -0.2) is 9.59 Å². The standard InChI is InChI=1S/C14H24N2S.C4H4O4/c1-3-9-16(14-4-7-15-8-5-14)11-13-6-10-17-12(13)2;5-3(6)1-2-4(7)8/h6,10,14-15H,3-5,7-9,11H2,1-2H3;1-2H,(H,5,6)(H,7,8). The fraction of sp³-hybridized carbons (Fsp3) is 0.556. The highest BCUT2D eigenvalue weighted by Gasteiger charge is 2.20. The van der Waals surface area contributed by atoms with Gasteiger partial charge in [-0.05, 0) is 62.8 Å². The van der Waals surface area contributed by atoms with Gasteiger partial charge in [0.2, 0.25) is 0 Å². The zero-order valence-electron chi connectivity index (χ0n) is 14.9. The molecule has 6 nitrogen and oxygen atoms in total. The SMILES string of the molecule is CCCN(Cc1ccsc1C)C1CCNCC1.O=C(O)C=CC(=O)O. The predicted octanol–water partition coefficient (Wildman–Crippen LogP) is 2.73. The van der Waals surface area contributed by atoms with Crippen LogP contribution in [0.15, 0.2) is 23.6 Å². The molecule has 0 atom stereocenters. The molecule has 0 saturated carbocycles. The Morgan fingerprint density at radius 2 is 1.88 bits per heavy atom. The maximum atomic E-state index is 9.55. The van der Waals surface area contributed by atoms with Gasteiger partial charge in [-0.15, -0.1) is 11.3 Å². The minimum absolute atomic E-state index is 0.558. The van der Waals surface area contributed by atoms with Crippen LogP contribution in [0.3, 0.4) is 0 Å². The Kier molecular flexibility index (Phi) is 10.1. The molecule has 1 aromatic rings. The molecule has 1 aliphatic rings. The van der Waals surface area contributed by atoms with E-state index in [1.54, 1.807) is 0 Å². The first-order valence-electron chi connectivity index (χ1n) is 8.55. The Bertz CT molecular complexity index is 549. The second-order valence-electron chi connectivity index (χ2n) is 5.96. The summed E-state index contributed by atoms with van der Waals surface area (Å²) in [6.45, 7) is 9.29. The van der Waals surface area contributed by atoms with E-state index in [1.807, 2.05) is 11.3 Å². The van der Waals surface area contributed by atoms with Crippen molar-refractivity contribution in [3.05, 3.63) is 34.0 Å². The average Bonchev–Trinajstić information content (AvgIpc) is 2.99. The van der Waals surface area contributed by atoms with E-state index in [1.165, 1.54) is 49.3 Å². The smallest absolute Gasteiger partial charge is 0.328 e. The van der Waals surface area contributed by atoms with Gasteiger partial charge in [0.15, 0.2) is 0 Å². The summed E-state index contributed by atoms with van der Waals surface area (Å²) in [6.07, 6.45) is 4.99. The zero-order valence-corrected chi connectivity index (χ0v) is 15.7. The number of nitrogens with zero attached hydrogens (tertiary/aromatic N) is 1. The van der Waals surface area contributed by atoms with E-state index in [0.717, 1.165) is 12.6 Å². The number of aryl methyl sites for hydroxylation is 1. The number of carboxylic acid groups (broad SMARTS) is 2. The van der Waals surface area contributed by atoms with Gasteiger partial charge in [0, 0.05) is 29.6 Å². The van der Waals surface area contributed by atoms with Gasteiger partial charge in [-0.3, -0.25) is 4.90 Å². The average molecular weight is 368 g/mol. The maximum absolute atomic E-state index is 9.55. The van der Waals surface area contributed by atoms with E-state index in [0.29, 0.717) is 12.2 Å². The summed E-state index contributed by atoms with van der Waals surface area (Å²) in [4.78, 5) is 23.3. The van der Waals surface area contributed by atoms with Crippen molar-refractivity contribution in [2.75, 3.05) is 19.6 Å². The molecule has 7 heteroatoms. The van der Waals surface area contributed by atoms with Gasteiger partial charge in [0.05, 0.1) is 0 Å². The number of hydrogen-bond acceptors (Lipinski definition) is 5. The second kappa shape index (κ2) is 11.8. The zero-order chi connectivity index (χ0) is 18.7. The molecule has 0 unspecified atom stereocenters. The molecule has 0 bridgehead atoms. The number of nitrogens with one attached hydrogen (secondary N) is 1. The maximum Gasteiger partial charge on any atom is 0.328 e. The van der Waals surface area contributed by atoms with Crippen LogP contribution in [0, 0.1) is 6.92 Å². The highest BCUT2D eigenvalue weighted by atomic mass is 32.1. The molecule has 1 saturated heterocycles. The fourth-order valence-corrected chi connectivity index (χ4v) is 3.51. The van der Waals surface area contributed by atoms with Crippen LogP contribution in [0.2, 0.25) is 0 Å². The Hall–Kier alpha value is -1.70. The lowest BCUT2D eigenvalue weighted by molar-refractivity contribution is -0.134.